The van der Waals surface area contributed by atoms with Gasteiger partial charge < -0.3 is 15.3 Å². The number of hydrogen-bond donors (Lipinski definition) is 2. The Kier molecular flexibility index (Phi) is 6.59. The van der Waals surface area contributed by atoms with E-state index in [9.17, 15) is 9.90 Å². The molecule has 0 aromatic heterocycles. The lowest BCUT2D eigenvalue weighted by Gasteiger charge is -2.34. The van der Waals surface area contributed by atoms with Gasteiger partial charge >= 0.3 is 0 Å². The van der Waals surface area contributed by atoms with Crippen LogP contribution in [0, 0.1) is 17.2 Å². The van der Waals surface area contributed by atoms with E-state index in [1.165, 1.54) is 0 Å². The predicted molar refractivity (Wildman–Crippen MR) is 105 cm³/mol. The molecule has 0 bridgehead atoms. The summed E-state index contributed by atoms with van der Waals surface area (Å²) in [5.74, 6) is 0.225. The smallest absolute Gasteiger partial charge is 0.225 e. The van der Waals surface area contributed by atoms with Crippen LogP contribution in [0.4, 0.5) is 5.69 Å². The van der Waals surface area contributed by atoms with Crippen molar-refractivity contribution in [3.63, 3.8) is 0 Å². The molecule has 1 fully saturated rings. The van der Waals surface area contributed by atoms with Crippen molar-refractivity contribution in [1.29, 1.82) is 5.26 Å². The first-order valence-electron chi connectivity index (χ1n) is 9.41. The van der Waals surface area contributed by atoms with Crippen LogP contribution in [0.15, 0.2) is 54.6 Å². The van der Waals surface area contributed by atoms with Crippen LogP contribution in [-0.2, 0) is 4.79 Å². The summed E-state index contributed by atoms with van der Waals surface area (Å²) in [6.07, 6.45) is 1.87. The Balaban J connectivity index is 1.41. The largest absolute Gasteiger partial charge is 0.388 e. The molecule has 2 N–H and O–H groups in total. The maximum Gasteiger partial charge on any atom is 0.225 e. The Labute approximate surface area is 160 Å². The number of likely N-dealkylation sites (tertiary alicyclic amines) is 1. The first kappa shape index (κ1) is 19.1. The zero-order chi connectivity index (χ0) is 19.1. The van der Waals surface area contributed by atoms with Crippen LogP contribution in [0.3, 0.4) is 0 Å². The fourth-order valence-corrected chi connectivity index (χ4v) is 3.56. The highest BCUT2D eigenvalue weighted by Gasteiger charge is 2.26. The monoisotopic (exact) mass is 363 g/mol. The number of benzene rings is 2. The lowest BCUT2D eigenvalue weighted by molar-refractivity contribution is -0.116. The fourth-order valence-electron chi connectivity index (χ4n) is 3.56. The number of hydrogen-bond acceptors (Lipinski definition) is 4. The maximum absolute atomic E-state index is 12.2. The number of piperidine rings is 1. The van der Waals surface area contributed by atoms with Gasteiger partial charge in [-0.25, -0.2) is 0 Å². The van der Waals surface area contributed by atoms with Crippen LogP contribution < -0.4 is 5.32 Å². The first-order chi connectivity index (χ1) is 13.2. The van der Waals surface area contributed by atoms with E-state index in [0.717, 1.165) is 31.5 Å². The van der Waals surface area contributed by atoms with Crippen molar-refractivity contribution in [3.8, 4) is 6.07 Å². The van der Waals surface area contributed by atoms with Crippen molar-refractivity contribution in [2.75, 3.05) is 25.0 Å². The van der Waals surface area contributed by atoms with Gasteiger partial charge in [0.25, 0.3) is 0 Å². The van der Waals surface area contributed by atoms with Gasteiger partial charge in [0.1, 0.15) is 0 Å². The third-order valence-corrected chi connectivity index (χ3v) is 5.15. The van der Waals surface area contributed by atoms with Crippen LogP contribution in [0.5, 0.6) is 0 Å². The second-order valence-electron chi connectivity index (χ2n) is 7.03. The van der Waals surface area contributed by atoms with E-state index in [1.54, 1.807) is 24.3 Å². The van der Waals surface area contributed by atoms with E-state index in [2.05, 4.69) is 16.3 Å². The lowest BCUT2D eigenvalue weighted by Crippen LogP contribution is -2.37. The van der Waals surface area contributed by atoms with E-state index < -0.39 is 6.10 Å². The predicted octanol–water partition coefficient (Wildman–Crippen LogP) is 3.33. The molecule has 5 heteroatoms. The summed E-state index contributed by atoms with van der Waals surface area (Å²) in [6, 6.07) is 18.8. The molecule has 5 nitrogen and oxygen atoms in total. The highest BCUT2D eigenvalue weighted by atomic mass is 16.3. The minimum Gasteiger partial charge on any atom is -0.388 e. The number of aliphatic hydroxyl groups excluding tert-OH is 1. The minimum atomic E-state index is -0.413. The highest BCUT2D eigenvalue weighted by Crippen LogP contribution is 2.30. The molecule has 0 saturated carbocycles. The summed E-state index contributed by atoms with van der Waals surface area (Å²) < 4.78 is 0. The molecule has 27 heavy (non-hydrogen) atoms. The molecule has 2 aromatic rings. The Hall–Kier alpha value is -2.68. The summed E-state index contributed by atoms with van der Waals surface area (Å²) in [4.78, 5) is 14.4. The summed E-state index contributed by atoms with van der Waals surface area (Å²) >= 11 is 0. The van der Waals surface area contributed by atoms with Crippen molar-refractivity contribution in [2.45, 2.75) is 25.4 Å². The first-order valence-corrected chi connectivity index (χ1v) is 9.41. The molecule has 140 valence electrons. The summed E-state index contributed by atoms with van der Waals surface area (Å²) in [5.41, 5.74) is 2.17. The van der Waals surface area contributed by atoms with Crippen LogP contribution in [-0.4, -0.2) is 35.5 Å². The summed E-state index contributed by atoms with van der Waals surface area (Å²) in [5, 5.41) is 22.3. The SMILES string of the molecule is N#Cc1cccc(NC(=O)CCN2CCC(C(O)c3ccccc3)CC2)c1. The molecule has 1 amide bonds. The van der Waals surface area contributed by atoms with E-state index in [0.29, 0.717) is 24.2 Å². The number of aliphatic hydroxyl groups is 1. The quantitative estimate of drug-likeness (QED) is 0.825. The molecule has 1 heterocycles. The van der Waals surface area contributed by atoms with E-state index in [-0.39, 0.29) is 11.8 Å². The molecule has 0 aliphatic carbocycles. The maximum atomic E-state index is 12.2. The number of anilines is 1. The molecule has 0 spiro atoms. The normalized spacial score (nSPS) is 16.4. The average Bonchev–Trinajstić information content (AvgIpc) is 2.73. The van der Waals surface area contributed by atoms with Gasteiger partial charge in [-0.15, -0.1) is 0 Å². The molecular formula is C22H25N3O2. The van der Waals surface area contributed by atoms with Crippen LogP contribution in [0.2, 0.25) is 0 Å². The Morgan fingerprint density at radius 1 is 1.19 bits per heavy atom. The number of nitriles is 1. The molecule has 1 unspecified atom stereocenters. The molecule has 1 saturated heterocycles. The van der Waals surface area contributed by atoms with Crippen molar-refractivity contribution in [2.24, 2.45) is 5.92 Å². The molecule has 2 aromatic carbocycles. The third-order valence-electron chi connectivity index (χ3n) is 5.15. The second-order valence-corrected chi connectivity index (χ2v) is 7.03. The molecule has 1 aliphatic heterocycles. The molecule has 1 atom stereocenters. The molecule has 3 rings (SSSR count). The summed E-state index contributed by atoms with van der Waals surface area (Å²) in [6.45, 7) is 2.50. The van der Waals surface area contributed by atoms with E-state index in [4.69, 9.17) is 5.26 Å². The van der Waals surface area contributed by atoms with E-state index >= 15 is 0 Å². The average molecular weight is 363 g/mol. The van der Waals surface area contributed by atoms with Gasteiger partial charge in [-0.1, -0.05) is 36.4 Å². The Morgan fingerprint density at radius 3 is 2.63 bits per heavy atom. The van der Waals surface area contributed by atoms with Crippen molar-refractivity contribution in [3.05, 3.63) is 65.7 Å². The lowest BCUT2D eigenvalue weighted by atomic mass is 9.87. The van der Waals surface area contributed by atoms with Crippen molar-refractivity contribution < 1.29 is 9.90 Å². The van der Waals surface area contributed by atoms with Crippen molar-refractivity contribution >= 4 is 11.6 Å². The van der Waals surface area contributed by atoms with Crippen LogP contribution in [0.25, 0.3) is 0 Å². The Bertz CT molecular complexity index is 793. The third kappa shape index (κ3) is 5.40. The zero-order valence-corrected chi connectivity index (χ0v) is 15.3. The topological polar surface area (TPSA) is 76.4 Å². The fraction of sp³-hybridized carbons (Fsp3) is 0.364. The van der Waals surface area contributed by atoms with Gasteiger partial charge in [0.2, 0.25) is 5.91 Å². The van der Waals surface area contributed by atoms with Gasteiger partial charge in [-0.3, -0.25) is 4.79 Å². The number of nitrogens with one attached hydrogen (secondary N) is 1. The van der Waals surface area contributed by atoms with Gasteiger partial charge in [0.15, 0.2) is 0 Å². The number of amides is 1. The number of carbonyl (C=O) groups is 1. The van der Waals surface area contributed by atoms with E-state index in [1.807, 2.05) is 30.3 Å². The molecule has 1 aliphatic rings. The number of carbonyl (C=O) groups excluding carboxylic acids is 1. The standard InChI is InChI=1S/C22H25N3O2/c23-16-17-5-4-8-20(15-17)24-21(26)11-14-25-12-9-19(10-13-25)22(27)18-6-2-1-3-7-18/h1-8,15,19,22,27H,9-14H2,(H,24,26). The van der Waals surface area contributed by atoms with Gasteiger partial charge in [0, 0.05) is 18.7 Å². The van der Waals surface area contributed by atoms with Gasteiger partial charge in [0.05, 0.1) is 17.7 Å². The summed E-state index contributed by atoms with van der Waals surface area (Å²) in [7, 11) is 0. The van der Waals surface area contributed by atoms with Crippen molar-refractivity contribution in [1.82, 2.24) is 4.90 Å². The second kappa shape index (κ2) is 9.31. The minimum absolute atomic E-state index is 0.0449. The molecule has 0 radical (unpaired) electrons. The number of rotatable bonds is 6. The molecular weight excluding hydrogens is 338 g/mol. The zero-order valence-electron chi connectivity index (χ0n) is 15.3. The Morgan fingerprint density at radius 2 is 1.93 bits per heavy atom. The van der Waals surface area contributed by atoms with Crippen LogP contribution in [0.1, 0.15) is 36.5 Å². The van der Waals surface area contributed by atoms with Crippen LogP contribution >= 0.6 is 0 Å². The van der Waals surface area contributed by atoms with Gasteiger partial charge in [-0.2, -0.15) is 5.26 Å². The van der Waals surface area contributed by atoms with Gasteiger partial charge in [-0.05, 0) is 55.6 Å². The number of nitrogens with zero attached hydrogens (tertiary/aromatic N) is 2. The highest BCUT2D eigenvalue weighted by molar-refractivity contribution is 5.90.